The molecule has 2 aromatic carbocycles. The number of carbonyl (C=O) groups excluding carboxylic acids is 1. The smallest absolute Gasteiger partial charge is 0.263 e. The molecule has 3 aromatic rings. The van der Waals surface area contributed by atoms with E-state index >= 15 is 0 Å². The van der Waals surface area contributed by atoms with Crippen molar-refractivity contribution in [1.82, 2.24) is 9.88 Å². The number of benzene rings is 2. The van der Waals surface area contributed by atoms with Gasteiger partial charge in [0.2, 0.25) is 0 Å². The fraction of sp³-hybridized carbons (Fsp3) is 0.217. The van der Waals surface area contributed by atoms with Gasteiger partial charge in [-0.15, -0.1) is 0 Å². The molecular weight excluding hydrogens is 435 g/mol. The molecular formula is C23H22BrFN2O2. The average Bonchev–Trinajstić information content (AvgIpc) is 2.71. The summed E-state index contributed by atoms with van der Waals surface area (Å²) in [5.41, 5.74) is 3.12. The number of aryl methyl sites for hydroxylation is 1. The molecule has 0 aliphatic heterocycles. The van der Waals surface area contributed by atoms with Crippen LogP contribution in [-0.2, 0) is 17.9 Å². The van der Waals surface area contributed by atoms with E-state index in [1.165, 1.54) is 18.2 Å². The molecule has 0 saturated carbocycles. The number of rotatable bonds is 7. The van der Waals surface area contributed by atoms with Gasteiger partial charge in [0.05, 0.1) is 4.47 Å². The Morgan fingerprint density at radius 3 is 2.66 bits per heavy atom. The highest BCUT2D eigenvalue weighted by molar-refractivity contribution is 9.10. The highest BCUT2D eigenvalue weighted by Crippen LogP contribution is 2.27. The molecule has 0 spiro atoms. The minimum absolute atomic E-state index is 0.159. The fourth-order valence-corrected chi connectivity index (χ4v) is 3.43. The van der Waals surface area contributed by atoms with Crippen molar-refractivity contribution >= 4 is 21.8 Å². The third-order valence-electron chi connectivity index (χ3n) is 4.58. The zero-order chi connectivity index (χ0) is 20.8. The number of ether oxygens (including phenoxy) is 1. The summed E-state index contributed by atoms with van der Waals surface area (Å²) in [4.78, 5) is 19.1. The Kier molecular flexibility index (Phi) is 6.99. The lowest BCUT2D eigenvalue weighted by Gasteiger charge is -2.27. The molecule has 0 N–H and O–H groups in total. The molecule has 0 radical (unpaired) electrons. The van der Waals surface area contributed by atoms with Gasteiger partial charge in [0.1, 0.15) is 11.6 Å². The van der Waals surface area contributed by atoms with Gasteiger partial charge < -0.3 is 9.64 Å². The van der Waals surface area contributed by atoms with Crippen LogP contribution in [-0.4, -0.2) is 21.9 Å². The van der Waals surface area contributed by atoms with Gasteiger partial charge in [-0.2, -0.15) is 0 Å². The molecule has 0 fully saturated rings. The van der Waals surface area contributed by atoms with Gasteiger partial charge >= 0.3 is 0 Å². The van der Waals surface area contributed by atoms with Crippen molar-refractivity contribution in [3.8, 4) is 5.75 Å². The molecule has 0 aliphatic rings. The van der Waals surface area contributed by atoms with Crippen LogP contribution in [0.1, 0.15) is 23.6 Å². The lowest BCUT2D eigenvalue weighted by molar-refractivity contribution is -0.139. The first-order valence-electron chi connectivity index (χ1n) is 9.28. The maximum absolute atomic E-state index is 13.3. The topological polar surface area (TPSA) is 42.4 Å². The van der Waals surface area contributed by atoms with E-state index in [9.17, 15) is 9.18 Å². The zero-order valence-corrected chi connectivity index (χ0v) is 17.9. The number of halogens is 2. The maximum atomic E-state index is 13.3. The average molecular weight is 457 g/mol. The molecule has 0 saturated heterocycles. The zero-order valence-electron chi connectivity index (χ0n) is 16.3. The molecule has 6 heteroatoms. The Balaban J connectivity index is 1.81. The summed E-state index contributed by atoms with van der Waals surface area (Å²) in [5, 5.41) is 0. The molecule has 1 atom stereocenters. The summed E-state index contributed by atoms with van der Waals surface area (Å²) in [5.74, 6) is -0.112. The lowest BCUT2D eigenvalue weighted by Crippen LogP contribution is -2.40. The van der Waals surface area contributed by atoms with E-state index in [2.05, 4.69) is 20.9 Å². The van der Waals surface area contributed by atoms with E-state index in [1.807, 2.05) is 43.3 Å². The highest BCUT2D eigenvalue weighted by Gasteiger charge is 2.24. The Hall–Kier alpha value is -2.73. The quantitative estimate of drug-likeness (QED) is 0.485. The molecule has 4 nitrogen and oxygen atoms in total. The van der Waals surface area contributed by atoms with Crippen LogP contribution in [0.2, 0.25) is 0 Å². The predicted octanol–water partition coefficient (Wildman–Crippen LogP) is 5.29. The minimum atomic E-state index is -0.738. The number of aromatic nitrogens is 1. The summed E-state index contributed by atoms with van der Waals surface area (Å²) in [6.07, 6.45) is 2.71. The third-order valence-corrected chi connectivity index (χ3v) is 5.20. The molecule has 1 unspecified atom stereocenters. The molecule has 1 heterocycles. The van der Waals surface area contributed by atoms with Gasteiger partial charge in [-0.05, 0) is 70.7 Å². The number of hydrogen-bond donors (Lipinski definition) is 0. The Labute approximate surface area is 178 Å². The first-order valence-corrected chi connectivity index (χ1v) is 10.1. The van der Waals surface area contributed by atoms with Crippen LogP contribution in [0, 0.1) is 12.7 Å². The normalized spacial score (nSPS) is 11.7. The number of pyridine rings is 1. The summed E-state index contributed by atoms with van der Waals surface area (Å²) >= 11 is 3.28. The number of nitrogens with zero attached hydrogens (tertiary/aromatic N) is 2. The molecule has 1 aromatic heterocycles. The van der Waals surface area contributed by atoms with Crippen LogP contribution in [0.4, 0.5) is 4.39 Å². The van der Waals surface area contributed by atoms with E-state index in [-0.39, 0.29) is 11.7 Å². The first-order chi connectivity index (χ1) is 13.9. The van der Waals surface area contributed by atoms with Crippen LogP contribution >= 0.6 is 15.9 Å². The lowest BCUT2D eigenvalue weighted by atomic mass is 10.1. The third kappa shape index (κ3) is 5.64. The van der Waals surface area contributed by atoms with Crippen LogP contribution in [0.3, 0.4) is 0 Å². The number of carbonyl (C=O) groups is 1. The van der Waals surface area contributed by atoms with Gasteiger partial charge in [-0.3, -0.25) is 9.78 Å². The highest BCUT2D eigenvalue weighted by atomic mass is 79.9. The van der Waals surface area contributed by atoms with Crippen molar-refractivity contribution in [3.63, 3.8) is 0 Å². The van der Waals surface area contributed by atoms with Crippen LogP contribution in [0.5, 0.6) is 5.75 Å². The molecule has 1 amide bonds. The Morgan fingerprint density at radius 1 is 1.17 bits per heavy atom. The van der Waals surface area contributed by atoms with E-state index < -0.39 is 6.10 Å². The van der Waals surface area contributed by atoms with E-state index in [0.29, 0.717) is 23.3 Å². The second kappa shape index (κ2) is 9.65. The van der Waals surface area contributed by atoms with Crippen molar-refractivity contribution in [2.24, 2.45) is 0 Å². The van der Waals surface area contributed by atoms with Crippen LogP contribution < -0.4 is 4.74 Å². The van der Waals surface area contributed by atoms with Crippen molar-refractivity contribution < 1.29 is 13.9 Å². The van der Waals surface area contributed by atoms with Crippen LogP contribution in [0.25, 0.3) is 0 Å². The van der Waals surface area contributed by atoms with Gasteiger partial charge in [0.15, 0.2) is 6.10 Å². The summed E-state index contributed by atoms with van der Waals surface area (Å²) < 4.78 is 19.6. The van der Waals surface area contributed by atoms with Crippen LogP contribution in [0.15, 0.2) is 71.5 Å². The van der Waals surface area contributed by atoms with Crippen molar-refractivity contribution in [1.29, 1.82) is 0 Å². The predicted molar refractivity (Wildman–Crippen MR) is 114 cm³/mol. The second-order valence-corrected chi connectivity index (χ2v) is 7.67. The molecule has 150 valence electrons. The first kappa shape index (κ1) is 21.0. The van der Waals surface area contributed by atoms with E-state index in [4.69, 9.17) is 4.74 Å². The summed E-state index contributed by atoms with van der Waals surface area (Å²) in [6.45, 7) is 4.60. The van der Waals surface area contributed by atoms with Crippen molar-refractivity contribution in [2.45, 2.75) is 33.0 Å². The molecule has 29 heavy (non-hydrogen) atoms. The molecule has 0 bridgehead atoms. The van der Waals surface area contributed by atoms with E-state index in [1.54, 1.807) is 24.2 Å². The second-order valence-electron chi connectivity index (χ2n) is 6.82. The minimum Gasteiger partial charge on any atom is -0.480 e. The standard InChI is InChI=1S/C23H22BrFN2O2/c1-16-6-3-4-8-19(16)15-27(14-18-7-5-11-26-13-18)23(28)17(2)29-22-10-9-20(25)12-21(22)24/h3-13,17H,14-15H2,1-2H3. The van der Waals surface area contributed by atoms with E-state index in [0.717, 1.165) is 16.7 Å². The van der Waals surface area contributed by atoms with Gasteiger partial charge in [0, 0.05) is 25.5 Å². The maximum Gasteiger partial charge on any atom is 0.263 e. The summed E-state index contributed by atoms with van der Waals surface area (Å²) in [7, 11) is 0. The fourth-order valence-electron chi connectivity index (χ4n) is 2.99. The van der Waals surface area contributed by atoms with Gasteiger partial charge in [-0.25, -0.2) is 4.39 Å². The SMILES string of the molecule is Cc1ccccc1CN(Cc1cccnc1)C(=O)C(C)Oc1ccc(F)cc1Br. The number of hydrogen-bond acceptors (Lipinski definition) is 3. The van der Waals surface area contributed by atoms with Gasteiger partial charge in [-0.1, -0.05) is 30.3 Å². The molecule has 3 rings (SSSR count). The molecule has 0 aliphatic carbocycles. The largest absolute Gasteiger partial charge is 0.480 e. The van der Waals surface area contributed by atoms with Gasteiger partial charge in [0.25, 0.3) is 5.91 Å². The summed E-state index contributed by atoms with van der Waals surface area (Å²) in [6, 6.07) is 15.9. The van der Waals surface area contributed by atoms with Crippen molar-refractivity contribution in [3.05, 3.63) is 94.0 Å². The Morgan fingerprint density at radius 2 is 1.97 bits per heavy atom. The van der Waals surface area contributed by atoms with Crippen molar-refractivity contribution in [2.75, 3.05) is 0 Å². The Bertz CT molecular complexity index is 982. The monoisotopic (exact) mass is 456 g/mol. The number of amides is 1.